The van der Waals surface area contributed by atoms with Gasteiger partial charge in [0.1, 0.15) is 0 Å². The van der Waals surface area contributed by atoms with E-state index in [-0.39, 0.29) is 6.10 Å². The van der Waals surface area contributed by atoms with Crippen molar-refractivity contribution in [2.45, 2.75) is 32.4 Å². The van der Waals surface area contributed by atoms with E-state index < -0.39 is 0 Å². The number of rotatable bonds is 5. The maximum absolute atomic E-state index is 9.72. The van der Waals surface area contributed by atoms with E-state index in [0.717, 1.165) is 31.5 Å². The molecule has 1 fully saturated rings. The molecular formula is C15H22ClNO3. The van der Waals surface area contributed by atoms with Crippen LogP contribution in [-0.4, -0.2) is 42.9 Å². The molecular weight excluding hydrogens is 278 g/mol. The van der Waals surface area contributed by atoms with Crippen molar-refractivity contribution in [3.05, 3.63) is 22.7 Å². The van der Waals surface area contributed by atoms with Crippen molar-refractivity contribution in [3.63, 3.8) is 0 Å². The highest BCUT2D eigenvalue weighted by molar-refractivity contribution is 6.32. The normalized spacial score (nSPS) is 19.9. The largest absolute Gasteiger partial charge is 0.491 e. The second-order valence-corrected chi connectivity index (χ2v) is 5.48. The third kappa shape index (κ3) is 3.78. The standard InChI is InChI=1S/C15H22ClNO3/c1-3-20-14-8-11(7-13(16)15(14)19-2)9-17-6-4-5-12(18)10-17/h7-8,12,18H,3-6,9-10H2,1-2H3. The van der Waals surface area contributed by atoms with Gasteiger partial charge in [0.05, 0.1) is 24.8 Å². The van der Waals surface area contributed by atoms with E-state index in [0.29, 0.717) is 29.7 Å². The zero-order valence-electron chi connectivity index (χ0n) is 12.1. The number of methoxy groups -OCH3 is 1. The summed E-state index contributed by atoms with van der Waals surface area (Å²) in [6.07, 6.45) is 1.71. The molecule has 0 aromatic heterocycles. The van der Waals surface area contributed by atoms with Crippen molar-refractivity contribution in [2.24, 2.45) is 0 Å². The third-order valence-corrected chi connectivity index (χ3v) is 3.74. The maximum atomic E-state index is 9.72. The number of likely N-dealkylation sites (tertiary alicyclic amines) is 1. The van der Waals surface area contributed by atoms with Crippen LogP contribution in [0.25, 0.3) is 0 Å². The molecule has 1 heterocycles. The minimum Gasteiger partial charge on any atom is -0.491 e. The number of benzene rings is 1. The minimum atomic E-state index is -0.219. The SMILES string of the molecule is CCOc1cc(CN2CCCC(O)C2)cc(Cl)c1OC. The summed E-state index contributed by atoms with van der Waals surface area (Å²) in [5, 5.41) is 10.3. The van der Waals surface area contributed by atoms with Gasteiger partial charge < -0.3 is 14.6 Å². The predicted molar refractivity (Wildman–Crippen MR) is 79.7 cm³/mol. The molecule has 0 bridgehead atoms. The molecule has 1 saturated heterocycles. The molecule has 0 aliphatic carbocycles. The molecule has 1 aromatic carbocycles. The van der Waals surface area contributed by atoms with Crippen molar-refractivity contribution in [3.8, 4) is 11.5 Å². The number of piperidine rings is 1. The second-order valence-electron chi connectivity index (χ2n) is 5.07. The van der Waals surface area contributed by atoms with Gasteiger partial charge in [-0.15, -0.1) is 0 Å². The van der Waals surface area contributed by atoms with E-state index in [9.17, 15) is 5.11 Å². The van der Waals surface area contributed by atoms with E-state index in [1.54, 1.807) is 7.11 Å². The Morgan fingerprint density at radius 1 is 1.45 bits per heavy atom. The molecule has 5 heteroatoms. The van der Waals surface area contributed by atoms with E-state index in [1.165, 1.54) is 0 Å². The Labute approximate surface area is 125 Å². The molecule has 1 aliphatic rings. The number of aliphatic hydroxyl groups excluding tert-OH is 1. The zero-order chi connectivity index (χ0) is 14.5. The van der Waals surface area contributed by atoms with Crippen molar-refractivity contribution in [1.29, 1.82) is 0 Å². The summed E-state index contributed by atoms with van der Waals surface area (Å²) in [6.45, 7) is 4.98. The van der Waals surface area contributed by atoms with E-state index >= 15 is 0 Å². The van der Waals surface area contributed by atoms with Crippen LogP contribution < -0.4 is 9.47 Å². The van der Waals surface area contributed by atoms with Gasteiger partial charge in [0.15, 0.2) is 11.5 Å². The fraction of sp³-hybridized carbons (Fsp3) is 0.600. The summed E-state index contributed by atoms with van der Waals surface area (Å²) in [6, 6.07) is 3.87. The molecule has 4 nitrogen and oxygen atoms in total. The lowest BCUT2D eigenvalue weighted by molar-refractivity contribution is 0.0668. The fourth-order valence-corrected chi connectivity index (χ4v) is 2.92. The number of nitrogens with zero attached hydrogens (tertiary/aromatic N) is 1. The number of hydrogen-bond donors (Lipinski definition) is 1. The smallest absolute Gasteiger partial charge is 0.179 e. The van der Waals surface area contributed by atoms with Crippen LogP contribution in [0.15, 0.2) is 12.1 Å². The highest BCUT2D eigenvalue weighted by atomic mass is 35.5. The summed E-state index contributed by atoms with van der Waals surface area (Å²) in [5.41, 5.74) is 1.08. The van der Waals surface area contributed by atoms with Gasteiger partial charge in [-0.05, 0) is 44.0 Å². The number of β-amino-alcohol motifs (C(OH)–C–C–N with tert-alkyl or cyclic N) is 1. The third-order valence-electron chi connectivity index (χ3n) is 3.46. The Balaban J connectivity index is 2.15. The van der Waals surface area contributed by atoms with Gasteiger partial charge >= 0.3 is 0 Å². The van der Waals surface area contributed by atoms with E-state index in [2.05, 4.69) is 4.90 Å². The first-order valence-electron chi connectivity index (χ1n) is 7.03. The Bertz CT molecular complexity index is 453. The van der Waals surface area contributed by atoms with Crippen molar-refractivity contribution < 1.29 is 14.6 Å². The minimum absolute atomic E-state index is 0.219. The number of ether oxygens (including phenoxy) is 2. The highest BCUT2D eigenvalue weighted by Crippen LogP contribution is 2.36. The Morgan fingerprint density at radius 2 is 2.25 bits per heavy atom. The first-order valence-corrected chi connectivity index (χ1v) is 7.41. The lowest BCUT2D eigenvalue weighted by Crippen LogP contribution is -2.37. The van der Waals surface area contributed by atoms with Gasteiger partial charge in [-0.3, -0.25) is 4.90 Å². The van der Waals surface area contributed by atoms with Crippen LogP contribution >= 0.6 is 11.6 Å². The number of hydrogen-bond acceptors (Lipinski definition) is 4. The first kappa shape index (κ1) is 15.4. The van der Waals surface area contributed by atoms with Crippen LogP contribution in [0.4, 0.5) is 0 Å². The van der Waals surface area contributed by atoms with Crippen molar-refractivity contribution >= 4 is 11.6 Å². The quantitative estimate of drug-likeness (QED) is 0.908. The van der Waals surface area contributed by atoms with Crippen LogP contribution in [0.2, 0.25) is 5.02 Å². The topological polar surface area (TPSA) is 41.9 Å². The van der Waals surface area contributed by atoms with Gasteiger partial charge in [-0.2, -0.15) is 0 Å². The fourth-order valence-electron chi connectivity index (χ4n) is 2.61. The summed E-state index contributed by atoms with van der Waals surface area (Å²) in [4.78, 5) is 2.24. The average Bonchev–Trinajstić information content (AvgIpc) is 2.39. The Kier molecular flexibility index (Phi) is 5.52. The molecule has 1 N–H and O–H groups in total. The van der Waals surface area contributed by atoms with Crippen molar-refractivity contribution in [1.82, 2.24) is 4.90 Å². The van der Waals surface area contributed by atoms with E-state index in [4.69, 9.17) is 21.1 Å². The molecule has 0 radical (unpaired) electrons. The van der Waals surface area contributed by atoms with Crippen LogP contribution in [0.1, 0.15) is 25.3 Å². The molecule has 0 spiro atoms. The highest BCUT2D eigenvalue weighted by Gasteiger charge is 2.19. The monoisotopic (exact) mass is 299 g/mol. The van der Waals surface area contributed by atoms with Gasteiger partial charge in [0.25, 0.3) is 0 Å². The summed E-state index contributed by atoms with van der Waals surface area (Å²) < 4.78 is 10.9. The average molecular weight is 300 g/mol. The lowest BCUT2D eigenvalue weighted by Gasteiger charge is -2.30. The molecule has 1 aromatic rings. The lowest BCUT2D eigenvalue weighted by atomic mass is 10.1. The molecule has 2 rings (SSSR count). The molecule has 1 aliphatic heterocycles. The van der Waals surface area contributed by atoms with Gasteiger partial charge in [0, 0.05) is 13.1 Å². The molecule has 112 valence electrons. The first-order chi connectivity index (χ1) is 9.63. The molecule has 20 heavy (non-hydrogen) atoms. The molecule has 1 unspecified atom stereocenters. The number of halogens is 1. The van der Waals surface area contributed by atoms with Crippen LogP contribution in [0, 0.1) is 0 Å². The summed E-state index contributed by atoms with van der Waals surface area (Å²) in [5.74, 6) is 1.26. The zero-order valence-corrected chi connectivity index (χ0v) is 12.8. The predicted octanol–water partition coefficient (Wildman–Crippen LogP) is 2.70. The molecule has 0 amide bonds. The summed E-state index contributed by atoms with van der Waals surface area (Å²) >= 11 is 6.24. The van der Waals surface area contributed by atoms with E-state index in [1.807, 2.05) is 19.1 Å². The van der Waals surface area contributed by atoms with Crippen molar-refractivity contribution in [2.75, 3.05) is 26.8 Å². The van der Waals surface area contributed by atoms with Crippen LogP contribution in [0.3, 0.4) is 0 Å². The van der Waals surface area contributed by atoms with Gasteiger partial charge in [-0.1, -0.05) is 11.6 Å². The Hall–Kier alpha value is -0.970. The number of aliphatic hydroxyl groups is 1. The van der Waals surface area contributed by atoms with Gasteiger partial charge in [-0.25, -0.2) is 0 Å². The van der Waals surface area contributed by atoms with Gasteiger partial charge in [0.2, 0.25) is 0 Å². The van der Waals surface area contributed by atoms with Crippen LogP contribution in [0.5, 0.6) is 11.5 Å². The molecule has 1 atom stereocenters. The molecule has 0 saturated carbocycles. The maximum Gasteiger partial charge on any atom is 0.179 e. The summed E-state index contributed by atoms with van der Waals surface area (Å²) in [7, 11) is 1.59. The Morgan fingerprint density at radius 3 is 2.90 bits per heavy atom. The van der Waals surface area contributed by atoms with Crippen LogP contribution in [-0.2, 0) is 6.54 Å². The second kappa shape index (κ2) is 7.16.